The first kappa shape index (κ1) is 34.8. The van der Waals surface area contributed by atoms with Gasteiger partial charge >= 0.3 is 0 Å². The molecule has 0 saturated carbocycles. The van der Waals surface area contributed by atoms with Crippen molar-refractivity contribution in [2.45, 2.75) is 19.3 Å². The molecule has 0 bridgehead atoms. The highest BCUT2D eigenvalue weighted by Gasteiger charge is 2.36. The fraction of sp³-hybridized carbons (Fsp3) is 0.0526. The molecular weight excluding hydrogens is 713 g/mol. The van der Waals surface area contributed by atoms with Crippen molar-refractivity contribution in [2.24, 2.45) is 0 Å². The van der Waals surface area contributed by atoms with Crippen LogP contribution in [0.5, 0.6) is 0 Å². The number of nitrogens with zero attached hydrogens (tertiary/aromatic N) is 2. The lowest BCUT2D eigenvalue weighted by molar-refractivity contribution is 0.660. The standard InChI is InChI=1S/C57H42N2/c1-57(2)52-36-42(39-18-7-3-8-19-39)30-33-48(52)49-34-31-44(37-53(49)57)58(43-24-13-6-14-25-43)45-32-35-51-50-26-15-16-29-54(50)59(55(51)38-45)56-46(40-20-9-4-10-21-40)27-17-28-47(56)41-22-11-5-12-23-41/h3-38H,1-2H3. The molecule has 0 atom stereocenters. The predicted octanol–water partition coefficient (Wildman–Crippen LogP) is 15.6. The fourth-order valence-electron chi connectivity index (χ4n) is 9.52. The first-order valence-corrected chi connectivity index (χ1v) is 20.5. The third-order valence-electron chi connectivity index (χ3n) is 12.4. The minimum absolute atomic E-state index is 0.181. The molecule has 0 unspecified atom stereocenters. The van der Waals surface area contributed by atoms with E-state index in [1.54, 1.807) is 0 Å². The van der Waals surface area contributed by atoms with Crippen molar-refractivity contribution in [1.29, 1.82) is 0 Å². The largest absolute Gasteiger partial charge is 0.310 e. The highest BCUT2D eigenvalue weighted by atomic mass is 15.1. The van der Waals surface area contributed by atoms with Gasteiger partial charge < -0.3 is 9.47 Å². The quantitative estimate of drug-likeness (QED) is 0.157. The predicted molar refractivity (Wildman–Crippen MR) is 249 cm³/mol. The van der Waals surface area contributed by atoms with Crippen molar-refractivity contribution in [3.05, 3.63) is 230 Å². The van der Waals surface area contributed by atoms with Crippen LogP contribution in [0.3, 0.4) is 0 Å². The van der Waals surface area contributed by atoms with Crippen molar-refractivity contribution in [3.8, 4) is 50.2 Å². The lowest BCUT2D eigenvalue weighted by Crippen LogP contribution is -2.16. The Morgan fingerprint density at radius 1 is 0.339 bits per heavy atom. The van der Waals surface area contributed by atoms with Gasteiger partial charge in [-0.3, -0.25) is 0 Å². The zero-order valence-electron chi connectivity index (χ0n) is 33.2. The van der Waals surface area contributed by atoms with Crippen LogP contribution in [0.25, 0.3) is 72.0 Å². The average Bonchev–Trinajstić information content (AvgIpc) is 3.74. The summed E-state index contributed by atoms with van der Waals surface area (Å²) in [5.74, 6) is 0. The van der Waals surface area contributed by atoms with Crippen LogP contribution < -0.4 is 4.90 Å². The molecule has 2 nitrogen and oxygen atoms in total. The maximum atomic E-state index is 2.51. The molecule has 11 rings (SSSR count). The Morgan fingerprint density at radius 3 is 1.51 bits per heavy atom. The second-order valence-corrected chi connectivity index (χ2v) is 16.1. The lowest BCUT2D eigenvalue weighted by atomic mass is 9.81. The highest BCUT2D eigenvalue weighted by molar-refractivity contribution is 6.11. The van der Waals surface area contributed by atoms with Crippen molar-refractivity contribution in [1.82, 2.24) is 4.57 Å². The highest BCUT2D eigenvalue weighted by Crippen LogP contribution is 2.52. The second kappa shape index (κ2) is 13.9. The summed E-state index contributed by atoms with van der Waals surface area (Å²) in [5, 5.41) is 2.45. The van der Waals surface area contributed by atoms with Crippen molar-refractivity contribution >= 4 is 38.9 Å². The van der Waals surface area contributed by atoms with Gasteiger partial charge in [0.15, 0.2) is 0 Å². The van der Waals surface area contributed by atoms with Gasteiger partial charge in [0.1, 0.15) is 0 Å². The first-order valence-electron chi connectivity index (χ1n) is 20.5. The molecule has 1 aliphatic rings. The van der Waals surface area contributed by atoms with E-state index >= 15 is 0 Å². The normalized spacial score (nSPS) is 12.7. The van der Waals surface area contributed by atoms with Crippen LogP contribution in [0.2, 0.25) is 0 Å². The van der Waals surface area contributed by atoms with E-state index in [4.69, 9.17) is 0 Å². The van der Waals surface area contributed by atoms with Crippen molar-refractivity contribution in [3.63, 3.8) is 0 Å². The van der Waals surface area contributed by atoms with Crippen LogP contribution in [0, 0.1) is 0 Å². The van der Waals surface area contributed by atoms with Crippen molar-refractivity contribution in [2.75, 3.05) is 4.90 Å². The summed E-state index contributed by atoms with van der Waals surface area (Å²) in [6.45, 7) is 4.75. The molecule has 59 heavy (non-hydrogen) atoms. The summed E-state index contributed by atoms with van der Waals surface area (Å²) >= 11 is 0. The van der Waals surface area contributed by atoms with E-state index < -0.39 is 0 Å². The molecule has 0 saturated heterocycles. The van der Waals surface area contributed by atoms with Gasteiger partial charge in [-0.05, 0) is 93.0 Å². The Kier molecular flexibility index (Phi) is 8.20. The number of para-hydroxylation sites is 3. The van der Waals surface area contributed by atoms with E-state index in [9.17, 15) is 0 Å². The molecule has 0 fully saturated rings. The molecule has 9 aromatic carbocycles. The average molecular weight is 755 g/mol. The number of anilines is 3. The number of hydrogen-bond acceptors (Lipinski definition) is 1. The Hall–Kier alpha value is -7.42. The number of aromatic nitrogens is 1. The zero-order chi connectivity index (χ0) is 39.5. The van der Waals surface area contributed by atoms with Gasteiger partial charge in [0.05, 0.1) is 16.7 Å². The SMILES string of the molecule is CC1(C)c2cc(-c3ccccc3)ccc2-c2ccc(N(c3ccccc3)c3ccc4c5ccccc5n(-c5c(-c6ccccc6)cccc5-c5ccccc5)c4c3)cc21. The molecule has 1 aromatic heterocycles. The molecule has 0 spiro atoms. The van der Waals surface area contributed by atoms with E-state index in [2.05, 4.69) is 242 Å². The third-order valence-corrected chi connectivity index (χ3v) is 12.4. The van der Waals surface area contributed by atoms with Gasteiger partial charge in [0.25, 0.3) is 0 Å². The van der Waals surface area contributed by atoms with E-state index in [-0.39, 0.29) is 5.41 Å². The summed E-state index contributed by atoms with van der Waals surface area (Å²) in [6, 6.07) is 79.8. The molecule has 2 heteroatoms. The first-order chi connectivity index (χ1) is 29.0. The topological polar surface area (TPSA) is 8.17 Å². The Labute approximate surface area is 345 Å². The van der Waals surface area contributed by atoms with Crippen LogP contribution in [0.4, 0.5) is 17.1 Å². The van der Waals surface area contributed by atoms with Gasteiger partial charge in [0.2, 0.25) is 0 Å². The van der Waals surface area contributed by atoms with Crippen LogP contribution >= 0.6 is 0 Å². The van der Waals surface area contributed by atoms with Crippen LogP contribution in [-0.2, 0) is 5.41 Å². The summed E-state index contributed by atoms with van der Waals surface area (Å²) in [4.78, 5) is 2.43. The maximum Gasteiger partial charge on any atom is 0.0618 e. The third kappa shape index (κ3) is 5.71. The van der Waals surface area contributed by atoms with Crippen molar-refractivity contribution < 1.29 is 0 Å². The van der Waals surface area contributed by atoms with Gasteiger partial charge in [-0.2, -0.15) is 0 Å². The molecule has 1 heterocycles. The van der Waals surface area contributed by atoms with E-state index in [0.717, 1.165) is 22.6 Å². The number of benzene rings is 9. The number of fused-ring (bicyclic) bond motifs is 6. The smallest absolute Gasteiger partial charge is 0.0618 e. The second-order valence-electron chi connectivity index (χ2n) is 16.1. The molecule has 0 amide bonds. The van der Waals surface area contributed by atoms with Gasteiger partial charge in [-0.25, -0.2) is 0 Å². The Balaban J connectivity index is 1.13. The van der Waals surface area contributed by atoms with Gasteiger partial charge in [-0.1, -0.05) is 184 Å². The van der Waals surface area contributed by atoms with E-state index in [0.29, 0.717) is 0 Å². The minimum atomic E-state index is -0.181. The Bertz CT molecular complexity index is 3100. The molecule has 0 radical (unpaired) electrons. The molecule has 0 aliphatic heterocycles. The maximum absolute atomic E-state index is 2.51. The van der Waals surface area contributed by atoms with Crippen LogP contribution in [0.1, 0.15) is 25.0 Å². The van der Waals surface area contributed by atoms with E-state index in [1.165, 1.54) is 77.6 Å². The minimum Gasteiger partial charge on any atom is -0.310 e. The molecular formula is C57H42N2. The summed E-state index contributed by atoms with van der Waals surface area (Å²) in [5.41, 5.74) is 19.3. The summed E-state index contributed by atoms with van der Waals surface area (Å²) < 4.78 is 2.51. The monoisotopic (exact) mass is 754 g/mol. The molecule has 280 valence electrons. The van der Waals surface area contributed by atoms with Crippen LogP contribution in [-0.4, -0.2) is 4.57 Å². The van der Waals surface area contributed by atoms with Crippen LogP contribution in [0.15, 0.2) is 218 Å². The Morgan fingerprint density at radius 2 is 0.847 bits per heavy atom. The molecule has 10 aromatic rings. The fourth-order valence-corrected chi connectivity index (χ4v) is 9.52. The summed E-state index contributed by atoms with van der Waals surface area (Å²) in [6.07, 6.45) is 0. The molecule has 0 N–H and O–H groups in total. The lowest BCUT2D eigenvalue weighted by Gasteiger charge is -2.28. The zero-order valence-corrected chi connectivity index (χ0v) is 33.2. The number of rotatable bonds is 7. The summed E-state index contributed by atoms with van der Waals surface area (Å²) in [7, 11) is 0. The number of hydrogen-bond donors (Lipinski definition) is 0. The van der Waals surface area contributed by atoms with Gasteiger partial charge in [0, 0.05) is 44.4 Å². The van der Waals surface area contributed by atoms with Gasteiger partial charge in [-0.15, -0.1) is 0 Å². The molecule has 1 aliphatic carbocycles. The van der Waals surface area contributed by atoms with E-state index in [1.807, 2.05) is 0 Å².